The number of amides is 1. The lowest BCUT2D eigenvalue weighted by molar-refractivity contribution is -0.132. The van der Waals surface area contributed by atoms with E-state index in [0.29, 0.717) is 23.8 Å². The Labute approximate surface area is 200 Å². The molecule has 0 saturated carbocycles. The van der Waals surface area contributed by atoms with Gasteiger partial charge in [-0.3, -0.25) is 14.5 Å². The van der Waals surface area contributed by atoms with Crippen LogP contribution >= 0.6 is 11.6 Å². The molecule has 8 nitrogen and oxygen atoms in total. The van der Waals surface area contributed by atoms with Gasteiger partial charge >= 0.3 is 0 Å². The van der Waals surface area contributed by atoms with E-state index in [9.17, 15) is 14.7 Å². The Morgan fingerprint density at radius 3 is 2.38 bits per heavy atom. The highest BCUT2D eigenvalue weighted by Gasteiger charge is 2.48. The molecule has 1 amide bonds. The van der Waals surface area contributed by atoms with Crippen LogP contribution in [0.4, 0.5) is 5.69 Å². The molecule has 34 heavy (non-hydrogen) atoms. The minimum atomic E-state index is -1.01. The lowest BCUT2D eigenvalue weighted by atomic mass is 9.98. The Morgan fingerprint density at radius 1 is 1.09 bits per heavy atom. The van der Waals surface area contributed by atoms with Gasteiger partial charge in [0, 0.05) is 11.8 Å². The molecule has 2 heterocycles. The number of halogens is 1. The lowest BCUT2D eigenvalue weighted by Gasteiger charge is -2.23. The van der Waals surface area contributed by atoms with Gasteiger partial charge in [0.15, 0.2) is 0 Å². The maximum atomic E-state index is 13.2. The number of aliphatic hydroxyl groups excluding tert-OH is 1. The van der Waals surface area contributed by atoms with Crippen LogP contribution in [-0.4, -0.2) is 37.6 Å². The predicted molar refractivity (Wildman–Crippen MR) is 126 cm³/mol. The molecule has 1 aliphatic heterocycles. The molecule has 1 fully saturated rings. The van der Waals surface area contributed by atoms with Gasteiger partial charge in [-0.25, -0.2) is 0 Å². The van der Waals surface area contributed by atoms with E-state index in [1.807, 2.05) is 6.92 Å². The van der Waals surface area contributed by atoms with Crippen LogP contribution in [0.15, 0.2) is 64.8 Å². The zero-order valence-corrected chi connectivity index (χ0v) is 19.5. The van der Waals surface area contributed by atoms with E-state index in [1.54, 1.807) is 36.4 Å². The molecule has 1 N–H and O–H groups in total. The summed E-state index contributed by atoms with van der Waals surface area (Å²) >= 11 is 6.19. The molecule has 1 aromatic heterocycles. The largest absolute Gasteiger partial charge is 0.507 e. The van der Waals surface area contributed by atoms with Gasteiger partial charge in [-0.1, -0.05) is 11.6 Å². The second-order valence-corrected chi connectivity index (χ2v) is 7.71. The summed E-state index contributed by atoms with van der Waals surface area (Å²) in [5.74, 6) is -0.742. The lowest BCUT2D eigenvalue weighted by Crippen LogP contribution is -2.29. The Balaban J connectivity index is 1.91. The summed E-state index contributed by atoms with van der Waals surface area (Å²) in [5.41, 5.74) is 0.424. The monoisotopic (exact) mass is 483 g/mol. The fourth-order valence-corrected chi connectivity index (χ4v) is 4.11. The quantitative estimate of drug-likeness (QED) is 0.287. The number of ether oxygens (including phenoxy) is 3. The number of ketones is 1. The van der Waals surface area contributed by atoms with Gasteiger partial charge < -0.3 is 23.7 Å². The first-order chi connectivity index (χ1) is 16.4. The van der Waals surface area contributed by atoms with E-state index >= 15 is 0 Å². The molecule has 2 aromatic carbocycles. The number of carbonyl (C=O) groups excluding carboxylic acids is 2. The van der Waals surface area contributed by atoms with E-state index in [2.05, 4.69) is 0 Å². The Hall–Kier alpha value is -3.91. The third-order valence-electron chi connectivity index (χ3n) is 5.41. The SMILES string of the molecule is CCOc1ccc(N2C(=O)C(=O)/C(=C(/O)c3cc(OC)c(Cl)cc3OC)C2c2ccco2)cc1. The molecule has 0 aliphatic carbocycles. The summed E-state index contributed by atoms with van der Waals surface area (Å²) in [7, 11) is 2.82. The molecule has 1 saturated heterocycles. The van der Waals surface area contributed by atoms with Crippen LogP contribution in [0.1, 0.15) is 24.3 Å². The van der Waals surface area contributed by atoms with Crippen LogP contribution < -0.4 is 19.1 Å². The van der Waals surface area contributed by atoms with Crippen molar-refractivity contribution < 1.29 is 33.3 Å². The number of carbonyl (C=O) groups is 2. The molecule has 9 heteroatoms. The van der Waals surface area contributed by atoms with Crippen molar-refractivity contribution in [1.29, 1.82) is 0 Å². The maximum absolute atomic E-state index is 13.2. The molecule has 0 spiro atoms. The summed E-state index contributed by atoms with van der Waals surface area (Å²) in [6.07, 6.45) is 1.43. The van der Waals surface area contributed by atoms with Crippen molar-refractivity contribution in [3.05, 3.63) is 76.7 Å². The topological polar surface area (TPSA) is 98.4 Å². The van der Waals surface area contributed by atoms with E-state index in [4.69, 9.17) is 30.2 Å². The molecule has 1 unspecified atom stereocenters. The summed E-state index contributed by atoms with van der Waals surface area (Å²) in [5, 5.41) is 11.6. The van der Waals surface area contributed by atoms with Gasteiger partial charge in [-0.05, 0) is 49.4 Å². The normalized spacial score (nSPS) is 17.2. The van der Waals surface area contributed by atoms with Crippen molar-refractivity contribution in [3.63, 3.8) is 0 Å². The minimum absolute atomic E-state index is 0.144. The van der Waals surface area contributed by atoms with Crippen LogP contribution in [0, 0.1) is 0 Å². The Kier molecular flexibility index (Phi) is 6.51. The van der Waals surface area contributed by atoms with E-state index in [1.165, 1.54) is 37.5 Å². The van der Waals surface area contributed by atoms with Crippen LogP contribution in [0.2, 0.25) is 5.02 Å². The van der Waals surface area contributed by atoms with Crippen LogP contribution in [0.5, 0.6) is 17.2 Å². The highest BCUT2D eigenvalue weighted by atomic mass is 35.5. The van der Waals surface area contributed by atoms with Gasteiger partial charge in [0.05, 0.1) is 43.2 Å². The summed E-state index contributed by atoms with van der Waals surface area (Å²) in [4.78, 5) is 27.7. The van der Waals surface area contributed by atoms with E-state index < -0.39 is 23.5 Å². The third-order valence-corrected chi connectivity index (χ3v) is 5.71. The summed E-state index contributed by atoms with van der Waals surface area (Å²) < 4.78 is 21.7. The van der Waals surface area contributed by atoms with Crippen LogP contribution in [-0.2, 0) is 9.59 Å². The summed E-state index contributed by atoms with van der Waals surface area (Å²) in [6, 6.07) is 11.9. The number of nitrogens with zero attached hydrogens (tertiary/aromatic N) is 1. The number of hydrogen-bond donors (Lipinski definition) is 1. The Morgan fingerprint density at radius 2 is 1.79 bits per heavy atom. The van der Waals surface area contributed by atoms with E-state index in [0.717, 1.165) is 0 Å². The smallest absolute Gasteiger partial charge is 0.300 e. The van der Waals surface area contributed by atoms with Crippen LogP contribution in [0.3, 0.4) is 0 Å². The number of furan rings is 1. The number of Topliss-reactive ketones (excluding diaryl/α,β-unsaturated/α-hetero) is 1. The number of anilines is 1. The second-order valence-electron chi connectivity index (χ2n) is 7.30. The fourth-order valence-electron chi connectivity index (χ4n) is 3.88. The highest BCUT2D eigenvalue weighted by molar-refractivity contribution is 6.51. The molecule has 0 radical (unpaired) electrons. The van der Waals surface area contributed by atoms with Crippen molar-refractivity contribution in [2.75, 3.05) is 25.7 Å². The summed E-state index contributed by atoms with van der Waals surface area (Å²) in [6.45, 7) is 2.35. The first-order valence-electron chi connectivity index (χ1n) is 10.4. The van der Waals surface area contributed by atoms with Crippen molar-refractivity contribution >= 4 is 34.7 Å². The Bertz CT molecular complexity index is 1250. The van der Waals surface area contributed by atoms with Crippen LogP contribution in [0.25, 0.3) is 5.76 Å². The third kappa shape index (κ3) is 3.97. The maximum Gasteiger partial charge on any atom is 0.300 e. The molecule has 3 aromatic rings. The molecule has 176 valence electrons. The number of hydrogen-bond acceptors (Lipinski definition) is 7. The average Bonchev–Trinajstić information content (AvgIpc) is 3.46. The van der Waals surface area contributed by atoms with Crippen molar-refractivity contribution in [2.45, 2.75) is 13.0 Å². The molecular formula is C25H22ClNO7. The van der Waals surface area contributed by atoms with Gasteiger partial charge in [-0.15, -0.1) is 0 Å². The number of methoxy groups -OCH3 is 2. The van der Waals surface area contributed by atoms with Gasteiger partial charge in [-0.2, -0.15) is 0 Å². The van der Waals surface area contributed by atoms with Crippen molar-refractivity contribution in [1.82, 2.24) is 0 Å². The highest BCUT2D eigenvalue weighted by Crippen LogP contribution is 2.45. The molecule has 0 bridgehead atoms. The van der Waals surface area contributed by atoms with Crippen molar-refractivity contribution in [2.24, 2.45) is 0 Å². The van der Waals surface area contributed by atoms with Crippen molar-refractivity contribution in [3.8, 4) is 17.2 Å². The first-order valence-corrected chi connectivity index (χ1v) is 10.8. The molecule has 1 atom stereocenters. The zero-order valence-electron chi connectivity index (χ0n) is 18.7. The molecule has 1 aliphatic rings. The van der Waals surface area contributed by atoms with E-state index in [-0.39, 0.29) is 27.7 Å². The first kappa shape index (κ1) is 23.3. The average molecular weight is 484 g/mol. The predicted octanol–water partition coefficient (Wildman–Crippen LogP) is 4.98. The fraction of sp³-hybridized carbons (Fsp3) is 0.200. The number of rotatable bonds is 7. The zero-order chi connectivity index (χ0) is 24.4. The minimum Gasteiger partial charge on any atom is -0.507 e. The van der Waals surface area contributed by atoms with Gasteiger partial charge in [0.25, 0.3) is 11.7 Å². The van der Waals surface area contributed by atoms with Gasteiger partial charge in [0.1, 0.15) is 34.8 Å². The number of benzene rings is 2. The molecular weight excluding hydrogens is 462 g/mol. The second kappa shape index (κ2) is 9.52. The standard InChI is InChI=1S/C25H22ClNO7/c1-4-33-15-9-7-14(8-10-15)27-22(18-6-5-11-34-18)21(24(29)25(27)30)23(28)16-12-20(32-3)17(26)13-19(16)31-2/h5-13,22,28H,4H2,1-3H3/b23-21+. The number of aliphatic hydroxyl groups is 1. The molecule has 4 rings (SSSR count). The van der Waals surface area contributed by atoms with Gasteiger partial charge in [0.2, 0.25) is 0 Å².